The van der Waals surface area contributed by atoms with Crippen molar-refractivity contribution >= 4 is 17.8 Å². The van der Waals surface area contributed by atoms with Gasteiger partial charge < -0.3 is 15.2 Å². The molecule has 0 spiro atoms. The molecule has 17 heavy (non-hydrogen) atoms. The fraction of sp³-hybridized carbons (Fsp3) is 0.727. The summed E-state index contributed by atoms with van der Waals surface area (Å²) in [6, 6.07) is -0.870. The van der Waals surface area contributed by atoms with Crippen LogP contribution in [0.25, 0.3) is 0 Å². The Labute approximate surface area is 100 Å². The molecule has 0 aliphatic heterocycles. The number of amides is 1. The first-order valence-electron chi connectivity index (χ1n) is 5.69. The van der Waals surface area contributed by atoms with Gasteiger partial charge in [-0.25, -0.2) is 4.79 Å². The SMILES string of the molecule is CCCC(=O)NC(CCC(=O)O)C(=O)OCC. The predicted octanol–water partition coefficient (Wildman–Crippen LogP) is 0.699. The molecule has 0 saturated carbocycles. The normalized spacial score (nSPS) is 11.6. The van der Waals surface area contributed by atoms with E-state index in [0.717, 1.165) is 0 Å². The second-order valence-electron chi connectivity index (χ2n) is 3.55. The van der Waals surface area contributed by atoms with Gasteiger partial charge in [0.05, 0.1) is 6.61 Å². The maximum absolute atomic E-state index is 11.5. The van der Waals surface area contributed by atoms with E-state index in [0.29, 0.717) is 12.8 Å². The van der Waals surface area contributed by atoms with Crippen LogP contribution < -0.4 is 5.32 Å². The molecule has 0 rings (SSSR count). The average molecular weight is 245 g/mol. The minimum absolute atomic E-state index is 0.0453. The molecule has 1 atom stereocenters. The van der Waals surface area contributed by atoms with Crippen molar-refractivity contribution < 1.29 is 24.2 Å². The van der Waals surface area contributed by atoms with Crippen molar-refractivity contribution in [1.29, 1.82) is 0 Å². The predicted molar refractivity (Wildman–Crippen MR) is 60.3 cm³/mol. The number of nitrogens with one attached hydrogen (secondary N) is 1. The molecule has 0 heterocycles. The van der Waals surface area contributed by atoms with E-state index in [1.165, 1.54) is 0 Å². The molecular formula is C11H19NO5. The Balaban J connectivity index is 4.33. The van der Waals surface area contributed by atoms with Gasteiger partial charge in [-0.05, 0) is 19.8 Å². The summed E-state index contributed by atoms with van der Waals surface area (Å²) in [5.74, 6) is -1.86. The van der Waals surface area contributed by atoms with E-state index in [4.69, 9.17) is 9.84 Å². The Morgan fingerprint density at radius 2 is 1.88 bits per heavy atom. The Bertz CT molecular complexity index is 277. The molecule has 98 valence electrons. The molecule has 0 aromatic heterocycles. The summed E-state index contributed by atoms with van der Waals surface area (Å²) in [7, 11) is 0. The highest BCUT2D eigenvalue weighted by molar-refractivity contribution is 5.84. The summed E-state index contributed by atoms with van der Waals surface area (Å²) in [6.45, 7) is 3.70. The average Bonchev–Trinajstić information content (AvgIpc) is 2.24. The van der Waals surface area contributed by atoms with E-state index in [-0.39, 0.29) is 25.4 Å². The fourth-order valence-electron chi connectivity index (χ4n) is 1.25. The highest BCUT2D eigenvalue weighted by Gasteiger charge is 2.22. The maximum atomic E-state index is 11.5. The molecule has 0 aromatic rings. The molecule has 0 aliphatic carbocycles. The summed E-state index contributed by atoms with van der Waals surface area (Å²) in [5, 5.41) is 11.0. The molecule has 0 bridgehead atoms. The van der Waals surface area contributed by atoms with Crippen LogP contribution in [0.4, 0.5) is 0 Å². The van der Waals surface area contributed by atoms with Crippen LogP contribution in [0.1, 0.15) is 39.5 Å². The number of aliphatic carboxylic acids is 1. The number of rotatable bonds is 8. The van der Waals surface area contributed by atoms with Gasteiger partial charge in [-0.2, -0.15) is 0 Å². The zero-order valence-corrected chi connectivity index (χ0v) is 10.2. The van der Waals surface area contributed by atoms with E-state index in [1.807, 2.05) is 6.92 Å². The second kappa shape index (κ2) is 8.55. The van der Waals surface area contributed by atoms with Gasteiger partial charge in [0, 0.05) is 12.8 Å². The van der Waals surface area contributed by atoms with Crippen molar-refractivity contribution in [2.24, 2.45) is 0 Å². The Kier molecular flexibility index (Phi) is 7.75. The van der Waals surface area contributed by atoms with Crippen LogP contribution >= 0.6 is 0 Å². The zero-order valence-electron chi connectivity index (χ0n) is 10.2. The molecule has 0 aliphatic rings. The van der Waals surface area contributed by atoms with E-state index in [1.54, 1.807) is 6.92 Å². The van der Waals surface area contributed by atoms with Crippen molar-refractivity contribution in [1.82, 2.24) is 5.32 Å². The molecule has 1 unspecified atom stereocenters. The van der Waals surface area contributed by atoms with Crippen LogP contribution in [0.5, 0.6) is 0 Å². The van der Waals surface area contributed by atoms with E-state index >= 15 is 0 Å². The molecule has 6 nitrogen and oxygen atoms in total. The number of hydrogen-bond acceptors (Lipinski definition) is 4. The zero-order chi connectivity index (χ0) is 13.3. The molecule has 0 radical (unpaired) electrons. The summed E-state index contributed by atoms with van der Waals surface area (Å²) in [4.78, 5) is 33.2. The quantitative estimate of drug-likeness (QED) is 0.614. The van der Waals surface area contributed by atoms with Crippen LogP contribution in [-0.4, -0.2) is 35.6 Å². The van der Waals surface area contributed by atoms with Gasteiger partial charge in [0.1, 0.15) is 6.04 Å². The van der Waals surface area contributed by atoms with E-state index in [9.17, 15) is 14.4 Å². The van der Waals surface area contributed by atoms with Crippen molar-refractivity contribution in [3.63, 3.8) is 0 Å². The number of hydrogen-bond donors (Lipinski definition) is 2. The highest BCUT2D eigenvalue weighted by atomic mass is 16.5. The lowest BCUT2D eigenvalue weighted by Crippen LogP contribution is -2.42. The lowest BCUT2D eigenvalue weighted by Gasteiger charge is -2.16. The molecule has 0 fully saturated rings. The third kappa shape index (κ3) is 7.32. The second-order valence-corrected chi connectivity index (χ2v) is 3.55. The number of carboxylic acid groups (broad SMARTS) is 1. The van der Waals surface area contributed by atoms with Crippen LogP contribution in [0.3, 0.4) is 0 Å². The molecule has 6 heteroatoms. The van der Waals surface area contributed by atoms with Crippen LogP contribution in [0.2, 0.25) is 0 Å². The van der Waals surface area contributed by atoms with Crippen molar-refractivity contribution in [3.05, 3.63) is 0 Å². The number of ether oxygens (including phenoxy) is 1. The van der Waals surface area contributed by atoms with Crippen LogP contribution in [0, 0.1) is 0 Å². The molecule has 1 amide bonds. The van der Waals surface area contributed by atoms with Crippen molar-refractivity contribution in [3.8, 4) is 0 Å². The summed E-state index contributed by atoms with van der Waals surface area (Å²) in [5.41, 5.74) is 0. The highest BCUT2D eigenvalue weighted by Crippen LogP contribution is 2.02. The minimum Gasteiger partial charge on any atom is -0.481 e. The smallest absolute Gasteiger partial charge is 0.328 e. The van der Waals surface area contributed by atoms with Gasteiger partial charge in [-0.3, -0.25) is 9.59 Å². The van der Waals surface area contributed by atoms with Gasteiger partial charge in [0.2, 0.25) is 5.91 Å². The third-order valence-corrected chi connectivity index (χ3v) is 2.03. The number of carbonyl (C=O) groups is 3. The van der Waals surface area contributed by atoms with Crippen molar-refractivity contribution in [2.45, 2.75) is 45.6 Å². The van der Waals surface area contributed by atoms with Gasteiger partial charge in [-0.15, -0.1) is 0 Å². The maximum Gasteiger partial charge on any atom is 0.328 e. The first kappa shape index (κ1) is 15.4. The van der Waals surface area contributed by atoms with Gasteiger partial charge in [0.15, 0.2) is 0 Å². The minimum atomic E-state index is -1.01. The first-order chi connectivity index (χ1) is 8.01. The molecule has 2 N–H and O–H groups in total. The number of esters is 1. The molecule has 0 saturated heterocycles. The number of carbonyl (C=O) groups excluding carboxylic acids is 2. The summed E-state index contributed by atoms with van der Waals surface area (Å²) in [6.07, 6.45) is 0.836. The fourth-order valence-corrected chi connectivity index (χ4v) is 1.25. The topological polar surface area (TPSA) is 92.7 Å². The van der Waals surface area contributed by atoms with E-state index < -0.39 is 18.0 Å². The summed E-state index contributed by atoms with van der Waals surface area (Å²) < 4.78 is 4.77. The van der Waals surface area contributed by atoms with E-state index in [2.05, 4.69) is 5.32 Å². The van der Waals surface area contributed by atoms with Gasteiger partial charge in [-0.1, -0.05) is 6.92 Å². The number of carboxylic acids is 1. The lowest BCUT2D eigenvalue weighted by atomic mass is 10.1. The van der Waals surface area contributed by atoms with Crippen LogP contribution in [-0.2, 0) is 19.1 Å². The van der Waals surface area contributed by atoms with Gasteiger partial charge in [0.25, 0.3) is 0 Å². The van der Waals surface area contributed by atoms with Gasteiger partial charge >= 0.3 is 11.9 Å². The van der Waals surface area contributed by atoms with Crippen molar-refractivity contribution in [2.75, 3.05) is 6.61 Å². The molecule has 0 aromatic carbocycles. The Morgan fingerprint density at radius 3 is 2.35 bits per heavy atom. The third-order valence-electron chi connectivity index (χ3n) is 2.03. The Morgan fingerprint density at radius 1 is 1.24 bits per heavy atom. The molecular weight excluding hydrogens is 226 g/mol. The summed E-state index contributed by atoms with van der Waals surface area (Å²) >= 11 is 0. The largest absolute Gasteiger partial charge is 0.481 e. The monoisotopic (exact) mass is 245 g/mol. The lowest BCUT2D eigenvalue weighted by molar-refractivity contribution is -0.148. The standard InChI is InChI=1S/C11H19NO5/c1-3-5-9(13)12-8(6-7-10(14)15)11(16)17-4-2/h8H,3-7H2,1-2H3,(H,12,13)(H,14,15). The Hall–Kier alpha value is -1.59. The first-order valence-corrected chi connectivity index (χ1v) is 5.69. The van der Waals surface area contributed by atoms with Crippen LogP contribution in [0.15, 0.2) is 0 Å².